The average molecular weight is 578 g/mol. The molecule has 0 amide bonds. The first-order valence-electron chi connectivity index (χ1n) is 10.4. The van der Waals surface area contributed by atoms with E-state index in [2.05, 4.69) is 48.5 Å². The molecule has 0 unspecified atom stereocenters. The van der Waals surface area contributed by atoms with Crippen molar-refractivity contribution >= 4 is 59.2 Å². The minimum Gasteiger partial charge on any atom is -2.00 e. The maximum Gasteiger partial charge on any atom is 0.0757 e. The third-order valence-corrected chi connectivity index (χ3v) is 10.5. The summed E-state index contributed by atoms with van der Waals surface area (Å²) < 4.78 is 1.28. The number of benzene rings is 2. The van der Waals surface area contributed by atoms with Crippen molar-refractivity contribution < 1.29 is 30.3 Å². The van der Waals surface area contributed by atoms with Crippen molar-refractivity contribution in [2.75, 3.05) is 26.2 Å². The van der Waals surface area contributed by atoms with Gasteiger partial charge in [-0.3, -0.25) is 0 Å². The third kappa shape index (κ3) is 9.99. The van der Waals surface area contributed by atoms with E-state index in [9.17, 15) is 4.80 Å². The molecule has 0 saturated carbocycles. The van der Waals surface area contributed by atoms with Gasteiger partial charge >= 0.3 is 0 Å². The summed E-state index contributed by atoms with van der Waals surface area (Å²) in [5.74, 6) is 0. The number of hydrogen-bond acceptors (Lipinski definition) is 1. The van der Waals surface area contributed by atoms with Gasteiger partial charge in [-0.25, -0.2) is 0 Å². The van der Waals surface area contributed by atoms with Gasteiger partial charge < -0.3 is 49.8 Å². The molecule has 0 heterocycles. The molecule has 2 aromatic rings. The molecule has 0 bridgehead atoms. The molecule has 2 nitrogen and oxygen atoms in total. The van der Waals surface area contributed by atoms with Gasteiger partial charge in [0.05, 0.1) is 26.2 Å². The molecule has 0 radical (unpaired) electrons. The summed E-state index contributed by atoms with van der Waals surface area (Å²) in [6.07, 6.45) is 0. The van der Waals surface area contributed by atoms with Crippen LogP contribution in [0.1, 0.15) is 48.5 Å². The fourth-order valence-electron chi connectivity index (χ4n) is 3.72. The Morgan fingerprint density at radius 3 is 1.06 bits per heavy atom. The second-order valence-electron chi connectivity index (χ2n) is 8.27. The molecule has 7 heteroatoms. The van der Waals surface area contributed by atoms with E-state index in [-0.39, 0.29) is 66.6 Å². The SMILES string of the molecule is CC(C)(C)[Si]([O-])(c1ccccc1)c1ccccc1.CC[N+](CC)(CC)CC.[Mo].[S-2].[S-2].[S-2]. The summed E-state index contributed by atoms with van der Waals surface area (Å²) in [5.41, 5.74) is 0. The zero-order valence-corrected chi connectivity index (χ0v) is 25.5. The Morgan fingerprint density at radius 1 is 0.645 bits per heavy atom. The first kappa shape index (κ1) is 38.6. The number of quaternary nitrogens is 1. The van der Waals surface area contributed by atoms with Crippen LogP contribution in [0.3, 0.4) is 0 Å². The van der Waals surface area contributed by atoms with Gasteiger partial charge in [0, 0.05) is 29.4 Å². The molecule has 0 spiro atoms. The number of nitrogens with zero attached hydrogens (tertiary/aromatic N) is 1. The van der Waals surface area contributed by atoms with Crippen LogP contribution in [-0.4, -0.2) is 39.0 Å². The minimum absolute atomic E-state index is 0. The van der Waals surface area contributed by atoms with E-state index in [0.29, 0.717) is 0 Å². The molecule has 0 aliphatic heterocycles. The van der Waals surface area contributed by atoms with Crippen molar-refractivity contribution in [1.29, 1.82) is 0 Å². The Morgan fingerprint density at radius 2 is 0.903 bits per heavy atom. The first-order chi connectivity index (χ1) is 12.7. The number of rotatable bonds is 6. The summed E-state index contributed by atoms with van der Waals surface area (Å²) in [7, 11) is -2.95. The molecule has 0 aliphatic carbocycles. The topological polar surface area (TPSA) is 23.1 Å². The Hall–Kier alpha value is 0.315. The predicted octanol–water partition coefficient (Wildman–Crippen LogP) is 3.78. The van der Waals surface area contributed by atoms with Crippen molar-refractivity contribution in [2.24, 2.45) is 0 Å². The summed E-state index contributed by atoms with van der Waals surface area (Å²) in [6.45, 7) is 20.4. The maximum absolute atomic E-state index is 13.7. The van der Waals surface area contributed by atoms with Gasteiger partial charge in [-0.05, 0) is 32.7 Å². The largest absolute Gasteiger partial charge is 2.00 e. The van der Waals surface area contributed by atoms with Crippen LogP contribution >= 0.6 is 0 Å². The molecule has 2 aromatic carbocycles. The van der Waals surface area contributed by atoms with Gasteiger partial charge in [0.2, 0.25) is 0 Å². The quantitative estimate of drug-likeness (QED) is 0.379. The molecule has 0 atom stereocenters. The van der Waals surface area contributed by atoms with Crippen LogP contribution in [0.2, 0.25) is 5.04 Å². The van der Waals surface area contributed by atoms with Crippen LogP contribution in [0.15, 0.2) is 60.7 Å². The Bertz CT molecular complexity index is 609. The standard InChI is InChI=1S/C16H19OSi.C8H20N.Mo.3S/c1-16(2,3)18(17,14-10-6-4-7-11-14)15-12-8-5-9-13-15;1-5-9(6-2,7-3)8-4;;;;/h4-13H,1-3H3;5-8H2,1-4H3;;;;/q-1;+1;;3*-2. The number of hydrogen-bond donors (Lipinski definition) is 0. The zero-order chi connectivity index (χ0) is 20.6. The van der Waals surface area contributed by atoms with E-state index in [1.54, 1.807) is 0 Å². The summed E-state index contributed by atoms with van der Waals surface area (Å²) >= 11 is 0. The van der Waals surface area contributed by atoms with Crippen LogP contribution in [0.5, 0.6) is 0 Å². The average Bonchev–Trinajstić information content (AvgIpc) is 2.70. The molecule has 31 heavy (non-hydrogen) atoms. The van der Waals surface area contributed by atoms with E-state index in [0.717, 1.165) is 10.4 Å². The third-order valence-electron chi connectivity index (χ3n) is 6.10. The van der Waals surface area contributed by atoms with E-state index < -0.39 is 8.32 Å². The normalized spacial score (nSPS) is 10.7. The van der Waals surface area contributed by atoms with Crippen LogP contribution in [-0.2, 0) is 61.6 Å². The molecule has 0 aliphatic rings. The van der Waals surface area contributed by atoms with E-state index in [1.807, 2.05) is 60.7 Å². The van der Waals surface area contributed by atoms with Crippen LogP contribution < -0.4 is 15.2 Å². The molecule has 0 saturated heterocycles. The minimum atomic E-state index is -2.95. The van der Waals surface area contributed by atoms with Crippen molar-refractivity contribution in [3.8, 4) is 0 Å². The smallest absolute Gasteiger partial charge is 0.0757 e. The van der Waals surface area contributed by atoms with E-state index >= 15 is 0 Å². The molecule has 2 rings (SSSR count). The van der Waals surface area contributed by atoms with Gasteiger partial charge in [0.25, 0.3) is 0 Å². The Balaban J connectivity index is -0.000000246. The summed E-state index contributed by atoms with van der Waals surface area (Å²) in [4.78, 5) is 13.7. The monoisotopic (exact) mass is 579 g/mol. The van der Waals surface area contributed by atoms with Crippen LogP contribution in [0, 0.1) is 0 Å². The fourth-order valence-corrected chi connectivity index (χ4v) is 7.11. The molecular formula is C24H39MoNOS3Si-6. The van der Waals surface area contributed by atoms with Crippen molar-refractivity contribution in [2.45, 2.75) is 53.5 Å². The second-order valence-corrected chi connectivity index (χ2v) is 12.3. The Kier molecular flexibility index (Phi) is 22.1. The maximum atomic E-state index is 13.7. The molecule has 0 fully saturated rings. The Labute approximate surface area is 228 Å². The van der Waals surface area contributed by atoms with Gasteiger partial charge in [0.1, 0.15) is 0 Å². The molecule has 0 N–H and O–H groups in total. The molecular weight excluding hydrogens is 538 g/mol. The van der Waals surface area contributed by atoms with Gasteiger partial charge in [-0.15, -0.1) is 0 Å². The molecule has 0 aromatic heterocycles. The molecule has 180 valence electrons. The van der Waals surface area contributed by atoms with Crippen molar-refractivity contribution in [1.82, 2.24) is 0 Å². The van der Waals surface area contributed by atoms with Crippen LogP contribution in [0.25, 0.3) is 0 Å². The van der Waals surface area contributed by atoms with E-state index in [4.69, 9.17) is 0 Å². The predicted molar refractivity (Wildman–Crippen MR) is 142 cm³/mol. The van der Waals surface area contributed by atoms with Gasteiger partial charge in [0.15, 0.2) is 0 Å². The van der Waals surface area contributed by atoms with Gasteiger partial charge in [-0.1, -0.05) is 91.8 Å². The van der Waals surface area contributed by atoms with Crippen molar-refractivity contribution in [3.63, 3.8) is 0 Å². The van der Waals surface area contributed by atoms with Gasteiger partial charge in [-0.2, -0.15) is 0 Å². The summed E-state index contributed by atoms with van der Waals surface area (Å²) in [5, 5.41) is 1.67. The van der Waals surface area contributed by atoms with Crippen LogP contribution in [0.4, 0.5) is 0 Å². The second kappa shape index (κ2) is 17.7. The summed E-state index contributed by atoms with van der Waals surface area (Å²) in [6, 6.07) is 19.7. The van der Waals surface area contributed by atoms with E-state index in [1.165, 1.54) is 30.7 Å². The zero-order valence-electron chi connectivity index (χ0n) is 20.1. The van der Waals surface area contributed by atoms with Crippen molar-refractivity contribution in [3.05, 3.63) is 60.7 Å². The first-order valence-corrected chi connectivity index (χ1v) is 12.3. The fraction of sp³-hybridized carbons (Fsp3) is 0.500.